The van der Waals surface area contributed by atoms with E-state index < -0.39 is 15.8 Å². The minimum Gasteiger partial charge on any atom is -0.492 e. The zero-order valence-electron chi connectivity index (χ0n) is 12.1. The van der Waals surface area contributed by atoms with E-state index in [0.717, 1.165) is 6.07 Å². The fraction of sp³-hybridized carbons (Fsp3) is 0.200. The molecule has 0 aliphatic heterocycles. The molecule has 0 saturated carbocycles. The van der Waals surface area contributed by atoms with Crippen molar-refractivity contribution in [3.8, 4) is 5.75 Å². The van der Waals surface area contributed by atoms with Gasteiger partial charge in [-0.05, 0) is 49.7 Å². The van der Waals surface area contributed by atoms with Crippen LogP contribution < -0.4 is 9.46 Å². The number of aryl methyl sites for hydroxylation is 1. The molecule has 0 aliphatic carbocycles. The van der Waals surface area contributed by atoms with E-state index in [0.29, 0.717) is 17.9 Å². The van der Waals surface area contributed by atoms with Gasteiger partial charge in [0.15, 0.2) is 0 Å². The van der Waals surface area contributed by atoms with Gasteiger partial charge in [-0.1, -0.05) is 17.7 Å². The second-order valence-electron chi connectivity index (χ2n) is 4.59. The van der Waals surface area contributed by atoms with Crippen molar-refractivity contribution in [2.75, 3.05) is 11.3 Å². The minimum absolute atomic E-state index is 0.0235. The molecule has 0 aliphatic rings. The Morgan fingerprint density at radius 2 is 1.95 bits per heavy atom. The highest BCUT2D eigenvalue weighted by Gasteiger charge is 2.17. The highest BCUT2D eigenvalue weighted by molar-refractivity contribution is 7.92. The molecule has 0 amide bonds. The van der Waals surface area contributed by atoms with E-state index in [2.05, 4.69) is 4.72 Å². The Hall–Kier alpha value is -1.79. The highest BCUT2D eigenvalue weighted by atomic mass is 35.5. The Labute approximate surface area is 133 Å². The van der Waals surface area contributed by atoms with Crippen LogP contribution in [0.4, 0.5) is 10.1 Å². The van der Waals surface area contributed by atoms with Crippen LogP contribution in [0, 0.1) is 12.7 Å². The number of rotatable bonds is 5. The number of anilines is 1. The molecular formula is C15H15ClFNO3S. The van der Waals surface area contributed by atoms with Gasteiger partial charge in [-0.2, -0.15) is 0 Å². The molecule has 22 heavy (non-hydrogen) atoms. The lowest BCUT2D eigenvalue weighted by Crippen LogP contribution is -2.14. The monoisotopic (exact) mass is 343 g/mol. The average Bonchev–Trinajstić information content (AvgIpc) is 2.45. The molecule has 0 heterocycles. The molecule has 0 radical (unpaired) electrons. The van der Waals surface area contributed by atoms with Gasteiger partial charge in [0.05, 0.1) is 22.2 Å². The summed E-state index contributed by atoms with van der Waals surface area (Å²) in [7, 11) is -3.86. The van der Waals surface area contributed by atoms with Crippen LogP contribution in [0.3, 0.4) is 0 Å². The van der Waals surface area contributed by atoms with Gasteiger partial charge in [-0.3, -0.25) is 4.72 Å². The molecule has 0 bridgehead atoms. The van der Waals surface area contributed by atoms with Crippen LogP contribution in [0.2, 0.25) is 5.02 Å². The minimum atomic E-state index is -3.86. The van der Waals surface area contributed by atoms with E-state index in [9.17, 15) is 12.8 Å². The Morgan fingerprint density at radius 1 is 1.23 bits per heavy atom. The lowest BCUT2D eigenvalue weighted by molar-refractivity contribution is 0.340. The van der Waals surface area contributed by atoms with Crippen molar-refractivity contribution in [3.05, 3.63) is 52.8 Å². The van der Waals surface area contributed by atoms with Crippen LogP contribution >= 0.6 is 11.6 Å². The van der Waals surface area contributed by atoms with Crippen molar-refractivity contribution in [2.45, 2.75) is 18.7 Å². The second-order valence-corrected chi connectivity index (χ2v) is 6.68. The molecule has 2 rings (SSSR count). The van der Waals surface area contributed by atoms with Crippen LogP contribution in [0.25, 0.3) is 0 Å². The predicted molar refractivity (Wildman–Crippen MR) is 84.6 cm³/mol. The highest BCUT2D eigenvalue weighted by Crippen LogP contribution is 2.28. The number of halogens is 2. The van der Waals surface area contributed by atoms with Crippen molar-refractivity contribution >= 4 is 27.3 Å². The summed E-state index contributed by atoms with van der Waals surface area (Å²) in [4.78, 5) is -0.0235. The maximum atomic E-state index is 13.3. The van der Waals surface area contributed by atoms with Gasteiger partial charge in [0.25, 0.3) is 10.0 Å². The predicted octanol–water partition coefficient (Wildman–Crippen LogP) is 3.99. The molecule has 0 atom stereocenters. The number of nitrogens with one attached hydrogen (secondary N) is 1. The van der Waals surface area contributed by atoms with Crippen molar-refractivity contribution in [3.63, 3.8) is 0 Å². The van der Waals surface area contributed by atoms with Crippen molar-refractivity contribution in [2.24, 2.45) is 0 Å². The normalized spacial score (nSPS) is 11.3. The van der Waals surface area contributed by atoms with Gasteiger partial charge in [0, 0.05) is 0 Å². The molecule has 7 heteroatoms. The number of hydrogen-bond donors (Lipinski definition) is 1. The molecule has 0 aromatic heterocycles. The zero-order valence-corrected chi connectivity index (χ0v) is 13.6. The molecule has 0 spiro atoms. The van der Waals surface area contributed by atoms with E-state index in [1.54, 1.807) is 13.8 Å². The van der Waals surface area contributed by atoms with E-state index in [1.165, 1.54) is 30.3 Å². The van der Waals surface area contributed by atoms with E-state index >= 15 is 0 Å². The van der Waals surface area contributed by atoms with Gasteiger partial charge in [0.1, 0.15) is 11.6 Å². The smallest absolute Gasteiger partial charge is 0.261 e. The largest absolute Gasteiger partial charge is 0.492 e. The molecule has 0 unspecified atom stereocenters. The number of benzene rings is 2. The topological polar surface area (TPSA) is 55.4 Å². The second kappa shape index (κ2) is 6.54. The third kappa shape index (κ3) is 3.69. The van der Waals surface area contributed by atoms with Gasteiger partial charge >= 0.3 is 0 Å². The summed E-state index contributed by atoms with van der Waals surface area (Å²) in [5.74, 6) is -0.113. The summed E-state index contributed by atoms with van der Waals surface area (Å²) in [6.07, 6.45) is 0. The Bertz CT molecular complexity index is 793. The van der Waals surface area contributed by atoms with Crippen molar-refractivity contribution in [1.82, 2.24) is 0 Å². The Morgan fingerprint density at radius 3 is 2.59 bits per heavy atom. The van der Waals surface area contributed by atoms with E-state index in [4.69, 9.17) is 16.3 Å². The van der Waals surface area contributed by atoms with E-state index in [1.807, 2.05) is 0 Å². The number of hydrogen-bond acceptors (Lipinski definition) is 3. The van der Waals surface area contributed by atoms with Crippen LogP contribution in [0.15, 0.2) is 41.3 Å². The lowest BCUT2D eigenvalue weighted by atomic mass is 10.2. The standard InChI is InChI=1S/C15H15ClFNO3S/c1-3-21-15-7-6-12(9-13(15)16)22(19,20)18-14-8-11(17)5-4-10(14)2/h4-9,18H,3H2,1-2H3. The lowest BCUT2D eigenvalue weighted by Gasteiger charge is -2.12. The Kier molecular flexibility index (Phi) is 4.93. The fourth-order valence-corrected chi connectivity index (χ4v) is 3.28. The first kappa shape index (κ1) is 16.6. The molecule has 4 nitrogen and oxygen atoms in total. The number of sulfonamides is 1. The van der Waals surface area contributed by atoms with Gasteiger partial charge in [-0.25, -0.2) is 12.8 Å². The average molecular weight is 344 g/mol. The van der Waals surface area contributed by atoms with Crippen LogP contribution in [0.1, 0.15) is 12.5 Å². The zero-order chi connectivity index (χ0) is 16.3. The summed E-state index contributed by atoms with van der Waals surface area (Å²) < 4.78 is 45.6. The maximum absolute atomic E-state index is 13.3. The molecule has 118 valence electrons. The molecule has 0 saturated heterocycles. The van der Waals surface area contributed by atoms with Crippen molar-refractivity contribution < 1.29 is 17.5 Å². The first-order valence-corrected chi connectivity index (χ1v) is 8.41. The van der Waals surface area contributed by atoms with Crippen molar-refractivity contribution in [1.29, 1.82) is 0 Å². The van der Waals surface area contributed by atoms with Crippen LogP contribution in [-0.2, 0) is 10.0 Å². The van der Waals surface area contributed by atoms with Crippen LogP contribution in [0.5, 0.6) is 5.75 Å². The SMILES string of the molecule is CCOc1ccc(S(=O)(=O)Nc2cc(F)ccc2C)cc1Cl. The fourth-order valence-electron chi connectivity index (χ4n) is 1.83. The first-order chi connectivity index (χ1) is 10.3. The third-order valence-electron chi connectivity index (χ3n) is 2.96. The number of ether oxygens (including phenoxy) is 1. The summed E-state index contributed by atoms with van der Waals surface area (Å²) in [5.41, 5.74) is 0.798. The summed E-state index contributed by atoms with van der Waals surface area (Å²) in [5, 5.41) is 0.195. The molecule has 2 aromatic carbocycles. The summed E-state index contributed by atoms with van der Waals surface area (Å²) >= 11 is 6.00. The van der Waals surface area contributed by atoms with Crippen LogP contribution in [-0.4, -0.2) is 15.0 Å². The molecular weight excluding hydrogens is 329 g/mol. The van der Waals surface area contributed by atoms with E-state index in [-0.39, 0.29) is 15.6 Å². The summed E-state index contributed by atoms with van der Waals surface area (Å²) in [6, 6.07) is 8.05. The van der Waals surface area contributed by atoms with Gasteiger partial charge in [-0.15, -0.1) is 0 Å². The molecule has 0 fully saturated rings. The third-order valence-corrected chi connectivity index (χ3v) is 4.62. The van der Waals surface area contributed by atoms with Gasteiger partial charge < -0.3 is 4.74 Å². The van der Waals surface area contributed by atoms with Gasteiger partial charge in [0.2, 0.25) is 0 Å². The molecule has 2 aromatic rings. The molecule has 1 N–H and O–H groups in total. The first-order valence-electron chi connectivity index (χ1n) is 6.55. The maximum Gasteiger partial charge on any atom is 0.261 e. The summed E-state index contributed by atoms with van der Waals surface area (Å²) in [6.45, 7) is 3.91. The Balaban J connectivity index is 2.34. The quantitative estimate of drug-likeness (QED) is 0.893.